The van der Waals surface area contributed by atoms with Crippen molar-refractivity contribution < 1.29 is 13.9 Å². The molecule has 6 heteroatoms. The third kappa shape index (κ3) is 2.32. The molecule has 0 fully saturated rings. The van der Waals surface area contributed by atoms with Crippen molar-refractivity contribution >= 4 is 15.9 Å². The molecule has 1 aromatic heterocycles. The molecule has 0 spiro atoms. The van der Waals surface area contributed by atoms with Gasteiger partial charge in [-0.25, -0.2) is 18.7 Å². The lowest BCUT2D eigenvalue weighted by Gasteiger charge is -2.12. The van der Waals surface area contributed by atoms with Crippen molar-refractivity contribution in [3.05, 3.63) is 58.1 Å². The van der Waals surface area contributed by atoms with Crippen LogP contribution in [0, 0.1) is 11.6 Å². The van der Waals surface area contributed by atoms with Crippen molar-refractivity contribution in [2.24, 2.45) is 0 Å². The first kappa shape index (κ1) is 12.1. The molecule has 2 rings (SSSR count). The second kappa shape index (κ2) is 4.85. The van der Waals surface area contributed by atoms with Gasteiger partial charge >= 0.3 is 0 Å². The molecule has 1 heterocycles. The highest BCUT2D eigenvalue weighted by Crippen LogP contribution is 2.28. The van der Waals surface area contributed by atoms with E-state index in [1.165, 1.54) is 18.5 Å². The summed E-state index contributed by atoms with van der Waals surface area (Å²) < 4.78 is 27.3. The first-order valence-electron chi connectivity index (χ1n) is 4.69. The van der Waals surface area contributed by atoms with Gasteiger partial charge in [-0.3, -0.25) is 0 Å². The van der Waals surface area contributed by atoms with E-state index < -0.39 is 23.3 Å². The molecule has 88 valence electrons. The zero-order chi connectivity index (χ0) is 12.4. The van der Waals surface area contributed by atoms with Crippen LogP contribution in [0.4, 0.5) is 8.78 Å². The lowest BCUT2D eigenvalue weighted by molar-refractivity contribution is 0.198. The van der Waals surface area contributed by atoms with Crippen LogP contribution in [0.5, 0.6) is 0 Å². The number of aliphatic hydroxyl groups is 1. The Balaban J connectivity index is 2.51. The average Bonchev–Trinajstić information content (AvgIpc) is 2.35. The van der Waals surface area contributed by atoms with Crippen LogP contribution in [0.1, 0.15) is 17.5 Å². The van der Waals surface area contributed by atoms with Gasteiger partial charge < -0.3 is 5.11 Å². The Labute approximate surface area is 104 Å². The van der Waals surface area contributed by atoms with E-state index in [0.29, 0.717) is 0 Å². The van der Waals surface area contributed by atoms with E-state index in [1.807, 2.05) is 0 Å². The molecule has 0 bridgehead atoms. The molecular formula is C11H7BrF2N2O. The van der Waals surface area contributed by atoms with Gasteiger partial charge in [0.15, 0.2) is 5.82 Å². The Morgan fingerprint density at radius 2 is 1.82 bits per heavy atom. The van der Waals surface area contributed by atoms with E-state index >= 15 is 0 Å². The van der Waals surface area contributed by atoms with E-state index in [9.17, 15) is 13.9 Å². The molecule has 0 aliphatic heterocycles. The highest BCUT2D eigenvalue weighted by atomic mass is 79.9. The molecule has 0 aliphatic rings. The normalized spacial score (nSPS) is 12.5. The predicted molar refractivity (Wildman–Crippen MR) is 60.2 cm³/mol. The first-order valence-corrected chi connectivity index (χ1v) is 5.49. The number of benzene rings is 1. The summed E-state index contributed by atoms with van der Waals surface area (Å²) in [4.78, 5) is 7.51. The van der Waals surface area contributed by atoms with Crippen LogP contribution in [0.15, 0.2) is 35.1 Å². The molecule has 1 unspecified atom stereocenters. The third-order valence-electron chi connectivity index (χ3n) is 2.18. The molecule has 17 heavy (non-hydrogen) atoms. The smallest absolute Gasteiger partial charge is 0.161 e. The summed E-state index contributed by atoms with van der Waals surface area (Å²) in [6.07, 6.45) is 1.24. The van der Waals surface area contributed by atoms with Crippen LogP contribution in [0.2, 0.25) is 0 Å². The first-order chi connectivity index (χ1) is 8.11. The van der Waals surface area contributed by atoms with Crippen LogP contribution in [-0.4, -0.2) is 15.1 Å². The maximum Gasteiger partial charge on any atom is 0.161 e. The molecule has 0 amide bonds. The van der Waals surface area contributed by atoms with Crippen molar-refractivity contribution in [2.75, 3.05) is 0 Å². The van der Waals surface area contributed by atoms with E-state index in [4.69, 9.17) is 0 Å². The molecule has 3 nitrogen and oxygen atoms in total. The van der Waals surface area contributed by atoms with E-state index in [-0.39, 0.29) is 10.3 Å². The van der Waals surface area contributed by atoms with Gasteiger partial charge in [0, 0.05) is 12.4 Å². The van der Waals surface area contributed by atoms with Crippen molar-refractivity contribution in [3.8, 4) is 0 Å². The Bertz CT molecular complexity index is 536. The van der Waals surface area contributed by atoms with E-state index in [0.717, 1.165) is 6.07 Å². The van der Waals surface area contributed by atoms with Gasteiger partial charge in [-0.05, 0) is 34.1 Å². The van der Waals surface area contributed by atoms with Crippen LogP contribution < -0.4 is 0 Å². The second-order valence-corrected chi connectivity index (χ2v) is 4.12. The lowest BCUT2D eigenvalue weighted by Crippen LogP contribution is -2.09. The highest BCUT2D eigenvalue weighted by molar-refractivity contribution is 9.10. The molecule has 2 aromatic rings. The summed E-state index contributed by atoms with van der Waals surface area (Å²) in [6, 6.07) is 3.84. The fraction of sp³-hybridized carbons (Fsp3) is 0.0909. The van der Waals surface area contributed by atoms with Crippen LogP contribution in [0.3, 0.4) is 0 Å². The molecule has 0 saturated carbocycles. The third-order valence-corrected chi connectivity index (χ3v) is 2.80. The predicted octanol–water partition coefficient (Wildman–Crippen LogP) is 2.60. The number of aliphatic hydroxyl groups excluding tert-OH is 1. The van der Waals surface area contributed by atoms with Gasteiger partial charge in [-0.1, -0.05) is 0 Å². The molecule has 1 N–H and O–H groups in total. The standard InChI is InChI=1S/C11H7BrF2N2O/c12-6-2-3-7(13)8(9(6)14)10(17)11-15-4-1-5-16-11/h1-5,10,17H. The zero-order valence-electron chi connectivity index (χ0n) is 8.44. The van der Waals surface area contributed by atoms with E-state index in [1.54, 1.807) is 6.07 Å². The Morgan fingerprint density at radius 1 is 1.18 bits per heavy atom. The minimum Gasteiger partial charge on any atom is -0.380 e. The quantitative estimate of drug-likeness (QED) is 0.867. The summed E-state index contributed by atoms with van der Waals surface area (Å²) in [7, 11) is 0. The molecule has 1 atom stereocenters. The molecular weight excluding hydrogens is 294 g/mol. The molecule has 0 radical (unpaired) electrons. The van der Waals surface area contributed by atoms with Gasteiger partial charge in [0.1, 0.15) is 17.7 Å². The zero-order valence-corrected chi connectivity index (χ0v) is 10.0. The minimum absolute atomic E-state index is 0.0524. The van der Waals surface area contributed by atoms with Crippen molar-refractivity contribution in [1.29, 1.82) is 0 Å². The summed E-state index contributed by atoms with van der Waals surface area (Å²) >= 11 is 2.93. The largest absolute Gasteiger partial charge is 0.380 e. The number of nitrogens with zero attached hydrogens (tertiary/aromatic N) is 2. The number of aromatic nitrogens is 2. The Morgan fingerprint density at radius 3 is 2.47 bits per heavy atom. The van der Waals surface area contributed by atoms with Crippen molar-refractivity contribution in [2.45, 2.75) is 6.10 Å². The fourth-order valence-corrected chi connectivity index (χ4v) is 1.72. The van der Waals surface area contributed by atoms with Gasteiger partial charge in [0.2, 0.25) is 0 Å². The maximum absolute atomic E-state index is 13.7. The maximum atomic E-state index is 13.7. The van der Waals surface area contributed by atoms with Crippen LogP contribution in [-0.2, 0) is 0 Å². The number of hydrogen-bond acceptors (Lipinski definition) is 3. The minimum atomic E-state index is -1.53. The van der Waals surface area contributed by atoms with Crippen molar-refractivity contribution in [1.82, 2.24) is 9.97 Å². The molecule has 0 aliphatic carbocycles. The molecule has 1 aromatic carbocycles. The Hall–Kier alpha value is -1.40. The summed E-state index contributed by atoms with van der Waals surface area (Å²) in [5.41, 5.74) is -0.467. The topological polar surface area (TPSA) is 46.0 Å². The van der Waals surface area contributed by atoms with Crippen LogP contribution >= 0.6 is 15.9 Å². The average molecular weight is 301 g/mol. The summed E-state index contributed by atoms with van der Waals surface area (Å²) in [6.45, 7) is 0. The summed E-state index contributed by atoms with van der Waals surface area (Å²) in [5.74, 6) is -1.75. The number of halogens is 3. The van der Waals surface area contributed by atoms with Gasteiger partial charge in [0.05, 0.1) is 10.0 Å². The second-order valence-electron chi connectivity index (χ2n) is 3.27. The number of hydrogen-bond donors (Lipinski definition) is 1. The van der Waals surface area contributed by atoms with E-state index in [2.05, 4.69) is 25.9 Å². The van der Waals surface area contributed by atoms with Gasteiger partial charge in [-0.2, -0.15) is 0 Å². The summed E-state index contributed by atoms with van der Waals surface area (Å²) in [5, 5.41) is 9.85. The molecule has 0 saturated heterocycles. The van der Waals surface area contributed by atoms with Crippen molar-refractivity contribution in [3.63, 3.8) is 0 Å². The monoisotopic (exact) mass is 300 g/mol. The van der Waals surface area contributed by atoms with Gasteiger partial charge in [0.25, 0.3) is 0 Å². The SMILES string of the molecule is OC(c1ncccn1)c1c(F)ccc(Br)c1F. The van der Waals surface area contributed by atoms with Gasteiger partial charge in [-0.15, -0.1) is 0 Å². The fourth-order valence-electron chi connectivity index (χ4n) is 1.37. The highest BCUT2D eigenvalue weighted by Gasteiger charge is 2.23. The Kier molecular flexibility index (Phi) is 3.44. The van der Waals surface area contributed by atoms with Crippen LogP contribution in [0.25, 0.3) is 0 Å². The number of rotatable bonds is 2. The lowest BCUT2D eigenvalue weighted by atomic mass is 10.1.